The number of nitrogens with one attached hydrogen (secondary N) is 2. The van der Waals surface area contributed by atoms with Crippen molar-refractivity contribution in [2.24, 2.45) is 0 Å². The minimum atomic E-state index is -0.260. The van der Waals surface area contributed by atoms with Crippen LogP contribution in [0.15, 0.2) is 46.0 Å². The Hall–Kier alpha value is -3.26. The summed E-state index contributed by atoms with van der Waals surface area (Å²) in [5.41, 5.74) is 0.669. The number of benzene rings is 1. The highest BCUT2D eigenvalue weighted by molar-refractivity contribution is 5.96. The van der Waals surface area contributed by atoms with Gasteiger partial charge in [-0.05, 0) is 63.3 Å². The van der Waals surface area contributed by atoms with E-state index in [1.54, 1.807) is 23.1 Å². The van der Waals surface area contributed by atoms with Gasteiger partial charge in [-0.1, -0.05) is 18.2 Å². The highest BCUT2D eigenvalue weighted by Gasteiger charge is 2.29. The largest absolute Gasteiger partial charge is 0.337 e. The summed E-state index contributed by atoms with van der Waals surface area (Å²) in [7, 11) is 2.11. The van der Waals surface area contributed by atoms with Gasteiger partial charge in [-0.25, -0.2) is 4.98 Å². The van der Waals surface area contributed by atoms with E-state index in [0.29, 0.717) is 24.2 Å². The van der Waals surface area contributed by atoms with Crippen molar-refractivity contribution in [3.05, 3.63) is 74.3 Å². The number of H-pyrrole nitrogens is 2. The van der Waals surface area contributed by atoms with E-state index in [9.17, 15) is 14.4 Å². The lowest BCUT2D eigenvalue weighted by Crippen LogP contribution is -2.40. The first-order valence-corrected chi connectivity index (χ1v) is 11.7. The van der Waals surface area contributed by atoms with Gasteiger partial charge in [0.25, 0.3) is 17.0 Å². The van der Waals surface area contributed by atoms with E-state index in [4.69, 9.17) is 4.98 Å². The van der Waals surface area contributed by atoms with Crippen molar-refractivity contribution in [2.45, 2.75) is 37.5 Å². The number of aromatic nitrogens is 3. The summed E-state index contributed by atoms with van der Waals surface area (Å²) in [6, 6.07) is 10.6. The average molecular weight is 448 g/mol. The number of hydrogen-bond donors (Lipinski definition) is 2. The van der Waals surface area contributed by atoms with Gasteiger partial charge in [0.1, 0.15) is 11.5 Å². The second-order valence-corrected chi connectivity index (χ2v) is 9.32. The predicted octanol–water partition coefficient (Wildman–Crippen LogP) is 2.44. The standard InChI is InChI=1S/C25H29N5O3/c1-29-11-8-16(9-12-29)23-26-20(14-22(31)28-23)18-6-4-10-30(15-18)25(33)21-13-17-5-2-3-7-19(17)24(32)27-21/h2-3,5,7,13-14,16,18H,4,6,8-12,15H2,1H3,(H,27,32)(H,26,28,31)/t18-/m1/s1. The van der Waals surface area contributed by atoms with Crippen LogP contribution in [-0.2, 0) is 0 Å². The van der Waals surface area contributed by atoms with Crippen LogP contribution in [-0.4, -0.2) is 63.9 Å². The van der Waals surface area contributed by atoms with E-state index in [1.807, 2.05) is 18.2 Å². The van der Waals surface area contributed by atoms with Gasteiger partial charge in [-0.3, -0.25) is 14.4 Å². The Morgan fingerprint density at radius 1 is 1.00 bits per heavy atom. The van der Waals surface area contributed by atoms with Crippen LogP contribution in [0.3, 0.4) is 0 Å². The minimum Gasteiger partial charge on any atom is -0.337 e. The number of aromatic amines is 2. The fourth-order valence-corrected chi connectivity index (χ4v) is 5.08. The number of hydrogen-bond acceptors (Lipinski definition) is 5. The molecule has 2 N–H and O–H groups in total. The number of pyridine rings is 1. The molecule has 1 atom stereocenters. The second-order valence-electron chi connectivity index (χ2n) is 9.32. The number of amides is 1. The van der Waals surface area contributed by atoms with Crippen molar-refractivity contribution < 1.29 is 4.79 Å². The van der Waals surface area contributed by atoms with Crippen LogP contribution < -0.4 is 11.1 Å². The molecule has 8 nitrogen and oxygen atoms in total. The molecule has 5 rings (SSSR count). The van der Waals surface area contributed by atoms with E-state index in [2.05, 4.69) is 21.9 Å². The Morgan fingerprint density at radius 2 is 1.79 bits per heavy atom. The molecule has 2 fully saturated rings. The highest BCUT2D eigenvalue weighted by atomic mass is 16.2. The second kappa shape index (κ2) is 8.94. The van der Waals surface area contributed by atoms with Gasteiger partial charge < -0.3 is 19.8 Å². The average Bonchev–Trinajstić information content (AvgIpc) is 2.84. The molecule has 3 aromatic rings. The molecular weight excluding hydrogens is 418 g/mol. The maximum atomic E-state index is 13.2. The summed E-state index contributed by atoms with van der Waals surface area (Å²) in [5, 5.41) is 1.32. The zero-order valence-corrected chi connectivity index (χ0v) is 18.8. The zero-order valence-electron chi connectivity index (χ0n) is 18.8. The van der Waals surface area contributed by atoms with Crippen molar-refractivity contribution in [3.8, 4) is 0 Å². The van der Waals surface area contributed by atoms with E-state index < -0.39 is 0 Å². The topological polar surface area (TPSA) is 102 Å². The summed E-state index contributed by atoms with van der Waals surface area (Å²) in [6.45, 7) is 3.09. The SMILES string of the molecule is CN1CCC(c2nc([C@@H]3CCCN(C(=O)c4cc5ccccc5c(=O)[nH]4)C3)cc(=O)[nH]2)CC1. The van der Waals surface area contributed by atoms with Gasteiger partial charge in [-0.15, -0.1) is 0 Å². The molecule has 0 saturated carbocycles. The van der Waals surface area contributed by atoms with Crippen molar-refractivity contribution in [1.29, 1.82) is 0 Å². The maximum absolute atomic E-state index is 13.2. The van der Waals surface area contributed by atoms with Gasteiger partial charge in [0.05, 0.1) is 5.69 Å². The van der Waals surface area contributed by atoms with Crippen molar-refractivity contribution in [2.75, 3.05) is 33.2 Å². The van der Waals surface area contributed by atoms with Gasteiger partial charge >= 0.3 is 0 Å². The lowest BCUT2D eigenvalue weighted by atomic mass is 9.92. The smallest absolute Gasteiger partial charge is 0.270 e. The Labute approximate surface area is 191 Å². The number of carbonyl (C=O) groups excluding carboxylic acids is 1. The Morgan fingerprint density at radius 3 is 2.61 bits per heavy atom. The van der Waals surface area contributed by atoms with Gasteiger partial charge in [0.15, 0.2) is 0 Å². The number of piperidine rings is 2. The first kappa shape index (κ1) is 21.6. The summed E-state index contributed by atoms with van der Waals surface area (Å²) >= 11 is 0. The summed E-state index contributed by atoms with van der Waals surface area (Å²) in [5.74, 6) is 0.843. The first-order chi connectivity index (χ1) is 16.0. The molecule has 0 bridgehead atoms. The molecule has 4 heterocycles. The molecule has 0 radical (unpaired) electrons. The van der Waals surface area contributed by atoms with Crippen LogP contribution in [0.4, 0.5) is 0 Å². The van der Waals surface area contributed by atoms with Gasteiger partial charge in [0, 0.05) is 36.4 Å². The van der Waals surface area contributed by atoms with Crippen LogP contribution in [0.5, 0.6) is 0 Å². The summed E-state index contributed by atoms with van der Waals surface area (Å²) in [4.78, 5) is 52.7. The molecule has 172 valence electrons. The van der Waals surface area contributed by atoms with E-state index >= 15 is 0 Å². The molecule has 33 heavy (non-hydrogen) atoms. The maximum Gasteiger partial charge on any atom is 0.270 e. The predicted molar refractivity (Wildman–Crippen MR) is 127 cm³/mol. The van der Waals surface area contributed by atoms with E-state index in [0.717, 1.165) is 55.7 Å². The lowest BCUT2D eigenvalue weighted by molar-refractivity contribution is 0.0699. The third-order valence-electron chi connectivity index (χ3n) is 7.00. The summed E-state index contributed by atoms with van der Waals surface area (Å²) < 4.78 is 0. The molecule has 2 saturated heterocycles. The van der Waals surface area contributed by atoms with Crippen LogP contribution in [0, 0.1) is 0 Å². The normalized spacial score (nSPS) is 20.3. The first-order valence-electron chi connectivity index (χ1n) is 11.7. The number of fused-ring (bicyclic) bond motifs is 1. The fraction of sp³-hybridized carbons (Fsp3) is 0.440. The third kappa shape index (κ3) is 4.48. The molecule has 1 aromatic carbocycles. The third-order valence-corrected chi connectivity index (χ3v) is 7.00. The molecule has 1 amide bonds. The van der Waals surface area contributed by atoms with Crippen LogP contribution in [0.2, 0.25) is 0 Å². The Bertz CT molecular complexity index is 1290. The van der Waals surface area contributed by atoms with E-state index in [1.165, 1.54) is 0 Å². The van der Waals surface area contributed by atoms with Gasteiger partial charge in [-0.2, -0.15) is 0 Å². The zero-order chi connectivity index (χ0) is 22.9. The van der Waals surface area contributed by atoms with Crippen LogP contribution >= 0.6 is 0 Å². The fourth-order valence-electron chi connectivity index (χ4n) is 5.08. The van der Waals surface area contributed by atoms with E-state index in [-0.39, 0.29) is 28.9 Å². The number of nitrogens with zero attached hydrogens (tertiary/aromatic N) is 3. The molecule has 0 aliphatic carbocycles. The lowest BCUT2D eigenvalue weighted by Gasteiger charge is -2.33. The van der Waals surface area contributed by atoms with Crippen molar-refractivity contribution in [1.82, 2.24) is 24.8 Å². The Balaban J connectivity index is 1.37. The van der Waals surface area contributed by atoms with Crippen LogP contribution in [0.1, 0.15) is 59.5 Å². The number of carbonyl (C=O) groups is 1. The molecule has 2 aromatic heterocycles. The molecule has 2 aliphatic rings. The van der Waals surface area contributed by atoms with Gasteiger partial charge in [0.2, 0.25) is 0 Å². The molecule has 8 heteroatoms. The molecule has 0 spiro atoms. The molecular formula is C25H29N5O3. The summed E-state index contributed by atoms with van der Waals surface area (Å²) in [6.07, 6.45) is 3.66. The number of rotatable bonds is 3. The minimum absolute atomic E-state index is 0.00203. The number of likely N-dealkylation sites (tertiary alicyclic amines) is 2. The monoisotopic (exact) mass is 447 g/mol. The van der Waals surface area contributed by atoms with Crippen molar-refractivity contribution >= 4 is 16.7 Å². The molecule has 0 unspecified atom stereocenters. The van der Waals surface area contributed by atoms with Crippen LogP contribution in [0.25, 0.3) is 10.8 Å². The Kier molecular flexibility index (Phi) is 5.85. The van der Waals surface area contributed by atoms with Crippen molar-refractivity contribution in [3.63, 3.8) is 0 Å². The molecule has 2 aliphatic heterocycles. The quantitative estimate of drug-likeness (QED) is 0.642. The highest BCUT2D eigenvalue weighted by Crippen LogP contribution is 2.29.